The van der Waals surface area contributed by atoms with Crippen molar-refractivity contribution < 1.29 is 5.92 Å². The predicted octanol–water partition coefficient (Wildman–Crippen LogP) is 4.43. The van der Waals surface area contributed by atoms with Crippen LogP contribution in [0.1, 0.15) is 0 Å². The van der Waals surface area contributed by atoms with Gasteiger partial charge in [-0.1, -0.05) is 0 Å². The molecule has 0 atom stereocenters. The molecule has 0 saturated heterocycles. The molecule has 0 aliphatic rings. The molecule has 0 spiro atoms. The Labute approximate surface area is 63.5 Å². The van der Waals surface area contributed by atoms with Crippen molar-refractivity contribution in [2.24, 2.45) is 0 Å². The van der Waals surface area contributed by atoms with Gasteiger partial charge in [0.25, 0.3) is 0 Å². The van der Waals surface area contributed by atoms with Gasteiger partial charge < -0.3 is 0 Å². The third kappa shape index (κ3) is 22.9. The molecule has 0 N–H and O–H groups in total. The molecule has 0 aromatic carbocycles. The van der Waals surface area contributed by atoms with Gasteiger partial charge in [-0.3, -0.25) is 0 Å². The number of halogens is 5. The van der Waals surface area contributed by atoms with Gasteiger partial charge in [0.2, 0.25) is 0 Å². The first kappa shape index (κ1) is 11.2. The Kier molecular flexibility index (Phi) is 6.92. The van der Waals surface area contributed by atoms with Crippen molar-refractivity contribution >= 4 is 62.5 Å². The van der Waals surface area contributed by atoms with Crippen LogP contribution in [-0.4, -0.2) is 0 Å². The number of rotatable bonds is 0. The van der Waals surface area contributed by atoms with Crippen molar-refractivity contribution in [1.29, 1.82) is 0 Å². The molecule has 6 heavy (non-hydrogen) atoms. The maximum absolute atomic E-state index is 2.52. The van der Waals surface area contributed by atoms with Crippen LogP contribution in [-0.2, 0) is 0 Å². The zero-order valence-electron chi connectivity index (χ0n) is 2.16. The molecule has 0 amide bonds. The van der Waals surface area contributed by atoms with Crippen LogP contribution in [0.25, 0.3) is 0 Å². The molecule has 0 aromatic heterocycles. The van der Waals surface area contributed by atoms with E-state index < -0.39 is 5.92 Å². The standard InChI is InChI=1S/5HI.Yb/h5*1H;/q;;;;;+5/p-5. The van der Waals surface area contributed by atoms with E-state index in [0.717, 1.165) is 0 Å². The van der Waals surface area contributed by atoms with E-state index in [9.17, 15) is 0 Å². The third-order valence-corrected chi connectivity index (χ3v) is 0. The first-order valence-electron chi connectivity index (χ1n) is 0.505. The average molecular weight is 808 g/mol. The van der Waals surface area contributed by atoms with Crippen LogP contribution in [0.4, 0.5) is 0 Å². The monoisotopic (exact) mass is 808 g/mol. The molecule has 0 rings (SSSR count). The van der Waals surface area contributed by atoms with E-state index in [2.05, 4.69) is 62.5 Å². The molecule has 0 heterocycles. The Morgan fingerprint density at radius 2 is 0.667 bits per heavy atom. The van der Waals surface area contributed by atoms with Crippen molar-refractivity contribution in [2.45, 2.75) is 0 Å². The topological polar surface area (TPSA) is 0 Å². The Hall–Kier alpha value is 5.17. The number of hydrogen-bond acceptors (Lipinski definition) is 0. The molecule has 49 valence electrons. The quantitative estimate of drug-likeness (QED) is 0.319. The summed E-state index contributed by atoms with van der Waals surface area (Å²) in [4.78, 5) is 0. The molecule has 0 saturated carbocycles. The maximum atomic E-state index is 2.52. The van der Waals surface area contributed by atoms with Crippen LogP contribution >= 0.6 is 62.5 Å². The zero-order valence-corrected chi connectivity index (χ0v) is 14.7. The SMILES string of the molecule is [I][Yb]([I])([I])([I])[I]. The summed E-state index contributed by atoms with van der Waals surface area (Å²) in [6.45, 7) is 0. The van der Waals surface area contributed by atoms with Gasteiger partial charge in [0.05, 0.1) is 0 Å². The van der Waals surface area contributed by atoms with Gasteiger partial charge >= 0.3 is 68.5 Å². The molecule has 0 aliphatic carbocycles. The van der Waals surface area contributed by atoms with Gasteiger partial charge in [0.15, 0.2) is 0 Å². The van der Waals surface area contributed by atoms with Gasteiger partial charge in [0.1, 0.15) is 0 Å². The Morgan fingerprint density at radius 3 is 0.667 bits per heavy atom. The summed E-state index contributed by atoms with van der Waals surface area (Å²) in [7, 11) is 0. The summed E-state index contributed by atoms with van der Waals surface area (Å²) in [5.74, 6) is -1.50. The van der Waals surface area contributed by atoms with E-state index in [0.29, 0.717) is 0 Å². The molecular weight excluding hydrogens is 808 g/mol. The fraction of sp³-hybridized carbons (Fsp3) is 0. The van der Waals surface area contributed by atoms with Gasteiger partial charge in [0, 0.05) is 0 Å². The molecule has 0 bridgehead atoms. The summed E-state index contributed by atoms with van der Waals surface area (Å²) in [5, 5.41) is 0. The van der Waals surface area contributed by atoms with Gasteiger partial charge in [-0.2, -0.15) is 0 Å². The van der Waals surface area contributed by atoms with E-state index >= 15 is 0 Å². The summed E-state index contributed by atoms with van der Waals surface area (Å²) < 4.78 is 0. The molecule has 0 aliphatic heterocycles. The minimum atomic E-state index is -1.50. The Bertz CT molecular complexity index is 37.1. The first-order chi connectivity index (χ1) is 2.24. The fourth-order valence-corrected chi connectivity index (χ4v) is 0. The van der Waals surface area contributed by atoms with Crippen LogP contribution in [0, 0.1) is 5.92 Å². The molecule has 0 unspecified atom stereocenters. The summed E-state index contributed by atoms with van der Waals surface area (Å²) in [6, 6.07) is 0. The van der Waals surface area contributed by atoms with E-state index in [-0.39, 0.29) is 0 Å². The Balaban J connectivity index is 3.73. The first-order valence-corrected chi connectivity index (χ1v) is 25.1. The summed E-state index contributed by atoms with van der Waals surface area (Å²) in [5.41, 5.74) is 0. The zero-order chi connectivity index (χ0) is 5.45. The summed E-state index contributed by atoms with van der Waals surface area (Å²) in [6.07, 6.45) is 0. The van der Waals surface area contributed by atoms with E-state index in [1.165, 1.54) is 0 Å². The van der Waals surface area contributed by atoms with Gasteiger partial charge in [-0.25, -0.2) is 0 Å². The average Bonchev–Trinajstić information content (AvgIpc) is 0.650. The van der Waals surface area contributed by atoms with Crippen LogP contribution in [0.5, 0.6) is 0 Å². The van der Waals surface area contributed by atoms with Crippen molar-refractivity contribution in [1.82, 2.24) is 0 Å². The fourth-order valence-electron chi connectivity index (χ4n) is 0. The Morgan fingerprint density at radius 1 is 0.667 bits per heavy atom. The van der Waals surface area contributed by atoms with E-state index in [4.69, 9.17) is 0 Å². The second-order valence-corrected chi connectivity index (χ2v) is 127. The molecule has 0 radical (unpaired) electrons. The van der Waals surface area contributed by atoms with Crippen LogP contribution < -0.4 is 0 Å². The van der Waals surface area contributed by atoms with Crippen LogP contribution in [0.2, 0.25) is 0 Å². The van der Waals surface area contributed by atoms with Crippen molar-refractivity contribution in [2.75, 3.05) is 0 Å². The molecule has 0 aromatic rings. The van der Waals surface area contributed by atoms with Crippen LogP contribution in [0.3, 0.4) is 0 Å². The molecule has 6 heteroatoms. The normalized spacial score (nSPS) is 19.2. The van der Waals surface area contributed by atoms with E-state index in [1.54, 1.807) is 0 Å². The summed E-state index contributed by atoms with van der Waals surface area (Å²) >= 11 is 12.6. The van der Waals surface area contributed by atoms with Crippen molar-refractivity contribution in [3.8, 4) is 0 Å². The van der Waals surface area contributed by atoms with Gasteiger partial charge in [-0.15, -0.1) is 0 Å². The molecule has 0 fully saturated rings. The second kappa shape index (κ2) is 3.72. The van der Waals surface area contributed by atoms with Crippen molar-refractivity contribution in [3.63, 3.8) is 0 Å². The van der Waals surface area contributed by atoms with Crippen molar-refractivity contribution in [3.05, 3.63) is 0 Å². The van der Waals surface area contributed by atoms with Crippen LogP contribution in [0.15, 0.2) is 0 Å². The second-order valence-electron chi connectivity index (χ2n) is 0.382. The van der Waals surface area contributed by atoms with E-state index in [1.807, 2.05) is 0 Å². The minimum absolute atomic E-state index is 1.50. The number of hydrogen-bond donors (Lipinski definition) is 0. The predicted molar refractivity (Wildman–Crippen MR) is 70.1 cm³/mol. The molecule has 0 nitrogen and oxygen atoms in total. The van der Waals surface area contributed by atoms with Gasteiger partial charge in [-0.05, 0) is 0 Å². The third-order valence-electron chi connectivity index (χ3n) is 0. The molecular formula is I5Yb.